The molecule has 3 rings (SSSR count). The van der Waals surface area contributed by atoms with Crippen LogP contribution in [-0.4, -0.2) is 23.1 Å². The van der Waals surface area contributed by atoms with E-state index in [0.717, 1.165) is 23.1 Å². The Bertz CT molecular complexity index is 784. The van der Waals surface area contributed by atoms with Gasteiger partial charge in [-0.2, -0.15) is 4.99 Å². The van der Waals surface area contributed by atoms with Crippen molar-refractivity contribution in [2.24, 2.45) is 18.0 Å². The molecule has 1 aromatic heterocycles. The maximum atomic E-state index is 11.8. The summed E-state index contributed by atoms with van der Waals surface area (Å²) in [4.78, 5) is 28.4. The lowest BCUT2D eigenvalue weighted by Gasteiger charge is -2.01. The van der Waals surface area contributed by atoms with Crippen molar-refractivity contribution in [3.63, 3.8) is 0 Å². The molecule has 1 saturated carbocycles. The van der Waals surface area contributed by atoms with Crippen molar-refractivity contribution in [3.8, 4) is 0 Å². The topological polar surface area (TPSA) is 60.7 Å². The van der Waals surface area contributed by atoms with Crippen LogP contribution in [0.3, 0.4) is 0 Å². The summed E-state index contributed by atoms with van der Waals surface area (Å²) in [7, 11) is 1.88. The quantitative estimate of drug-likeness (QED) is 0.817. The highest BCUT2D eigenvalue weighted by Gasteiger charge is 2.29. The largest absolute Gasteiger partial charge is 0.462 e. The molecule has 0 bridgehead atoms. The third-order valence-electron chi connectivity index (χ3n) is 3.45. The molecular formula is C15H16N2O3S. The molecule has 5 nitrogen and oxygen atoms in total. The Morgan fingerprint density at radius 1 is 1.43 bits per heavy atom. The Balaban J connectivity index is 2.02. The Kier molecular flexibility index (Phi) is 3.63. The number of nitrogens with zero attached hydrogens (tertiary/aromatic N) is 2. The molecule has 0 N–H and O–H groups in total. The van der Waals surface area contributed by atoms with E-state index in [1.54, 1.807) is 19.1 Å². The fourth-order valence-corrected chi connectivity index (χ4v) is 3.16. The SMILES string of the molecule is CCOC(=O)c1ccc2c(c1)sc(=NC(=O)C1CC1)n2C. The van der Waals surface area contributed by atoms with E-state index in [1.807, 2.05) is 17.7 Å². The van der Waals surface area contributed by atoms with Crippen molar-refractivity contribution in [2.45, 2.75) is 19.8 Å². The average molecular weight is 304 g/mol. The Hall–Kier alpha value is -1.95. The van der Waals surface area contributed by atoms with Gasteiger partial charge in [0.05, 0.1) is 22.4 Å². The zero-order valence-electron chi connectivity index (χ0n) is 12.0. The van der Waals surface area contributed by atoms with Crippen LogP contribution in [0, 0.1) is 5.92 Å². The molecule has 2 aromatic rings. The number of aromatic nitrogens is 1. The molecule has 1 amide bonds. The van der Waals surface area contributed by atoms with Gasteiger partial charge in [0.25, 0.3) is 5.91 Å². The summed E-state index contributed by atoms with van der Waals surface area (Å²) in [6.07, 6.45) is 1.90. The van der Waals surface area contributed by atoms with E-state index in [4.69, 9.17) is 4.74 Å². The van der Waals surface area contributed by atoms with Crippen LogP contribution in [0.1, 0.15) is 30.1 Å². The van der Waals surface area contributed by atoms with Gasteiger partial charge in [0.2, 0.25) is 0 Å². The molecule has 0 unspecified atom stereocenters. The van der Waals surface area contributed by atoms with E-state index >= 15 is 0 Å². The van der Waals surface area contributed by atoms with Crippen LogP contribution in [-0.2, 0) is 16.6 Å². The van der Waals surface area contributed by atoms with E-state index in [1.165, 1.54) is 11.3 Å². The molecule has 0 saturated heterocycles. The number of benzene rings is 1. The van der Waals surface area contributed by atoms with Crippen molar-refractivity contribution in [1.82, 2.24) is 4.57 Å². The maximum absolute atomic E-state index is 11.8. The van der Waals surface area contributed by atoms with Crippen molar-refractivity contribution in [1.29, 1.82) is 0 Å². The monoisotopic (exact) mass is 304 g/mol. The number of aryl methyl sites for hydroxylation is 1. The first kappa shape index (κ1) is 14.0. The lowest BCUT2D eigenvalue weighted by atomic mass is 10.2. The zero-order chi connectivity index (χ0) is 15.0. The van der Waals surface area contributed by atoms with Crippen LogP contribution in [0.2, 0.25) is 0 Å². The molecule has 1 aromatic carbocycles. The van der Waals surface area contributed by atoms with Gasteiger partial charge in [-0.3, -0.25) is 4.79 Å². The molecule has 1 aliphatic carbocycles. The summed E-state index contributed by atoms with van der Waals surface area (Å²) < 4.78 is 7.81. The number of fused-ring (bicyclic) bond motifs is 1. The normalized spacial score (nSPS) is 15.4. The zero-order valence-corrected chi connectivity index (χ0v) is 12.8. The number of amides is 1. The molecule has 1 heterocycles. The first-order chi connectivity index (χ1) is 10.1. The smallest absolute Gasteiger partial charge is 0.338 e. The molecule has 1 aliphatic rings. The summed E-state index contributed by atoms with van der Waals surface area (Å²) in [6.45, 7) is 2.13. The Morgan fingerprint density at radius 2 is 2.19 bits per heavy atom. The minimum atomic E-state index is -0.331. The minimum absolute atomic E-state index is 0.0391. The summed E-state index contributed by atoms with van der Waals surface area (Å²) in [6, 6.07) is 5.39. The first-order valence-corrected chi connectivity index (χ1v) is 7.77. The number of hydrogen-bond donors (Lipinski definition) is 0. The summed E-state index contributed by atoms with van der Waals surface area (Å²) >= 11 is 1.41. The Labute approximate surface area is 125 Å². The molecule has 0 atom stereocenters. The number of carbonyl (C=O) groups is 2. The van der Waals surface area contributed by atoms with Crippen LogP contribution >= 0.6 is 11.3 Å². The van der Waals surface area contributed by atoms with E-state index in [0.29, 0.717) is 17.0 Å². The predicted octanol–water partition coefficient (Wildman–Crippen LogP) is 2.25. The van der Waals surface area contributed by atoms with Crippen LogP contribution in [0.15, 0.2) is 23.2 Å². The second-order valence-electron chi connectivity index (χ2n) is 5.07. The fraction of sp³-hybridized carbons (Fsp3) is 0.400. The third-order valence-corrected chi connectivity index (χ3v) is 4.55. The highest BCUT2D eigenvalue weighted by molar-refractivity contribution is 7.16. The van der Waals surface area contributed by atoms with Gasteiger partial charge in [0.1, 0.15) is 0 Å². The van der Waals surface area contributed by atoms with Crippen molar-refractivity contribution >= 4 is 33.4 Å². The second-order valence-corrected chi connectivity index (χ2v) is 6.08. The lowest BCUT2D eigenvalue weighted by molar-refractivity contribution is -0.119. The highest BCUT2D eigenvalue weighted by Crippen LogP contribution is 2.30. The number of rotatable bonds is 3. The third kappa shape index (κ3) is 2.76. The van der Waals surface area contributed by atoms with Crippen molar-refractivity contribution < 1.29 is 14.3 Å². The maximum Gasteiger partial charge on any atom is 0.338 e. The second kappa shape index (κ2) is 5.44. The van der Waals surface area contributed by atoms with E-state index in [-0.39, 0.29) is 17.8 Å². The standard InChI is InChI=1S/C15H16N2O3S/c1-3-20-14(19)10-6-7-11-12(8-10)21-15(17(11)2)16-13(18)9-4-5-9/h6-9H,3-5H2,1-2H3. The van der Waals surface area contributed by atoms with Crippen LogP contribution < -0.4 is 4.80 Å². The van der Waals surface area contributed by atoms with E-state index in [2.05, 4.69) is 4.99 Å². The summed E-state index contributed by atoms with van der Waals surface area (Å²) in [5.74, 6) is -0.254. The van der Waals surface area contributed by atoms with Gasteiger partial charge in [0, 0.05) is 13.0 Å². The summed E-state index contributed by atoms with van der Waals surface area (Å²) in [5, 5.41) is 0. The van der Waals surface area contributed by atoms with Gasteiger partial charge >= 0.3 is 5.97 Å². The Morgan fingerprint density at radius 3 is 2.86 bits per heavy atom. The predicted molar refractivity (Wildman–Crippen MR) is 80.0 cm³/mol. The van der Waals surface area contributed by atoms with Gasteiger partial charge in [0.15, 0.2) is 4.80 Å². The first-order valence-electron chi connectivity index (χ1n) is 6.95. The van der Waals surface area contributed by atoms with Gasteiger partial charge in [-0.15, -0.1) is 0 Å². The van der Waals surface area contributed by atoms with E-state index < -0.39 is 0 Å². The molecule has 6 heteroatoms. The van der Waals surface area contributed by atoms with Crippen LogP contribution in [0.25, 0.3) is 10.2 Å². The number of esters is 1. The molecule has 0 spiro atoms. The van der Waals surface area contributed by atoms with Crippen molar-refractivity contribution in [3.05, 3.63) is 28.6 Å². The fourth-order valence-electron chi connectivity index (χ4n) is 2.10. The van der Waals surface area contributed by atoms with Gasteiger partial charge in [-0.1, -0.05) is 11.3 Å². The number of thiazole rings is 1. The summed E-state index contributed by atoms with van der Waals surface area (Å²) in [5.41, 5.74) is 1.47. The van der Waals surface area contributed by atoms with Crippen molar-refractivity contribution in [2.75, 3.05) is 6.61 Å². The molecule has 0 aliphatic heterocycles. The molecule has 1 fully saturated rings. The number of carbonyl (C=O) groups excluding carboxylic acids is 2. The van der Waals surface area contributed by atoms with Crippen LogP contribution in [0.4, 0.5) is 0 Å². The molecule has 110 valence electrons. The minimum Gasteiger partial charge on any atom is -0.462 e. The van der Waals surface area contributed by atoms with Gasteiger partial charge in [-0.25, -0.2) is 4.79 Å². The highest BCUT2D eigenvalue weighted by atomic mass is 32.1. The average Bonchev–Trinajstić information content (AvgIpc) is 3.26. The molecule has 21 heavy (non-hydrogen) atoms. The lowest BCUT2D eigenvalue weighted by Crippen LogP contribution is -2.13. The van der Waals surface area contributed by atoms with Gasteiger partial charge in [-0.05, 0) is 38.0 Å². The van der Waals surface area contributed by atoms with Gasteiger partial charge < -0.3 is 9.30 Å². The van der Waals surface area contributed by atoms with Crippen LogP contribution in [0.5, 0.6) is 0 Å². The van der Waals surface area contributed by atoms with E-state index in [9.17, 15) is 9.59 Å². The molecular weight excluding hydrogens is 288 g/mol. The molecule has 0 radical (unpaired) electrons. The number of ether oxygens (including phenoxy) is 1. The number of hydrogen-bond acceptors (Lipinski definition) is 4.